The van der Waals surface area contributed by atoms with Crippen molar-refractivity contribution >= 4 is 30.2 Å². The Morgan fingerprint density at radius 1 is 0.895 bits per heavy atom. The van der Waals surface area contributed by atoms with Gasteiger partial charge in [-0.3, -0.25) is 14.4 Å². The zero-order valence-corrected chi connectivity index (χ0v) is 22.3. The molecule has 2 unspecified atom stereocenters. The summed E-state index contributed by atoms with van der Waals surface area (Å²) in [6, 6.07) is -0.364. The van der Waals surface area contributed by atoms with Crippen LogP contribution in [0.15, 0.2) is 0 Å². The minimum Gasteiger partial charge on any atom is -0.453 e. The van der Waals surface area contributed by atoms with E-state index in [1.807, 2.05) is 0 Å². The molecule has 1 aliphatic rings. The first-order valence-electron chi connectivity index (χ1n) is 12.0. The smallest absolute Gasteiger partial charge is 0.453 e. The molecular formula is C22H43N5O11. The standard InChI is InChI=1S/C10H20N2O5.C6H16N2O.C6H7NO5/c1-16-9(14)11-6-4-3-5-8(7-13)12-10(15)17-2;7-4-2-1-3-6(8)5-9;1-11-6(10)12-7-4(8)2-3-5(7)9/h8,13H,3-7H2,1-2H3,(H,11,14)(H,12,15);6,9H,1-5,7-8H2;2-3H2,1H3. The van der Waals surface area contributed by atoms with Crippen molar-refractivity contribution in [1.82, 2.24) is 15.7 Å². The molecule has 0 aromatic rings. The number of imide groups is 1. The van der Waals surface area contributed by atoms with Gasteiger partial charge in [0.15, 0.2) is 0 Å². The molecule has 0 aromatic heterocycles. The molecule has 16 heteroatoms. The first-order chi connectivity index (χ1) is 18.1. The number of nitrogens with one attached hydrogen (secondary N) is 2. The monoisotopic (exact) mass is 553 g/mol. The van der Waals surface area contributed by atoms with Gasteiger partial charge in [-0.25, -0.2) is 14.4 Å². The molecule has 1 aliphatic heterocycles. The number of carbonyl (C=O) groups is 5. The number of amides is 4. The first-order valence-corrected chi connectivity index (χ1v) is 12.0. The SMILES string of the molecule is COC(=O)NCCCCC(CO)NC(=O)OC.COC(=O)ON1C(=O)CCC1=O.NCCCCC(N)CO. The largest absolute Gasteiger partial charge is 0.533 e. The van der Waals surface area contributed by atoms with Crippen molar-refractivity contribution in [2.75, 3.05) is 47.6 Å². The number of ether oxygens (including phenoxy) is 3. The Kier molecular flexibility index (Phi) is 23.5. The fourth-order valence-electron chi connectivity index (χ4n) is 2.62. The van der Waals surface area contributed by atoms with Crippen molar-refractivity contribution in [1.29, 1.82) is 0 Å². The highest BCUT2D eigenvalue weighted by Gasteiger charge is 2.33. The number of rotatable bonds is 13. The summed E-state index contributed by atoms with van der Waals surface area (Å²) in [5.41, 5.74) is 10.7. The predicted octanol–water partition coefficient (Wildman–Crippen LogP) is -0.502. The Morgan fingerprint density at radius 2 is 1.47 bits per heavy atom. The van der Waals surface area contributed by atoms with E-state index >= 15 is 0 Å². The number of nitrogens with two attached hydrogens (primary N) is 2. The Morgan fingerprint density at radius 3 is 1.95 bits per heavy atom. The Bertz CT molecular complexity index is 681. The highest BCUT2D eigenvalue weighted by Crippen LogP contribution is 2.12. The summed E-state index contributed by atoms with van der Waals surface area (Å²) in [5.74, 6) is -1.05. The summed E-state index contributed by atoms with van der Waals surface area (Å²) < 4.78 is 12.9. The van der Waals surface area contributed by atoms with E-state index in [1.165, 1.54) is 14.2 Å². The van der Waals surface area contributed by atoms with E-state index in [4.69, 9.17) is 21.7 Å². The van der Waals surface area contributed by atoms with Gasteiger partial charge in [-0.15, -0.1) is 0 Å². The number of unbranched alkanes of at least 4 members (excludes halogenated alkanes) is 2. The van der Waals surface area contributed by atoms with Gasteiger partial charge in [-0.1, -0.05) is 11.5 Å². The molecule has 0 radical (unpaired) electrons. The van der Waals surface area contributed by atoms with E-state index in [0.29, 0.717) is 18.0 Å². The topological polar surface area (TPSA) is 242 Å². The number of aliphatic hydroxyl groups is 2. The fourth-order valence-corrected chi connectivity index (χ4v) is 2.62. The molecule has 16 nitrogen and oxygen atoms in total. The summed E-state index contributed by atoms with van der Waals surface area (Å²) in [5, 5.41) is 22.9. The second kappa shape index (κ2) is 24.1. The van der Waals surface area contributed by atoms with Crippen molar-refractivity contribution < 1.29 is 53.2 Å². The molecular weight excluding hydrogens is 510 g/mol. The summed E-state index contributed by atoms with van der Waals surface area (Å²) in [7, 11) is 3.66. The van der Waals surface area contributed by atoms with Crippen molar-refractivity contribution in [3.05, 3.63) is 0 Å². The number of hydrogen-bond acceptors (Lipinski definition) is 13. The van der Waals surface area contributed by atoms with Crippen molar-refractivity contribution in [3.63, 3.8) is 0 Å². The van der Waals surface area contributed by atoms with Crippen LogP contribution in [0.2, 0.25) is 0 Å². The summed E-state index contributed by atoms with van der Waals surface area (Å²) >= 11 is 0. The van der Waals surface area contributed by atoms with E-state index in [9.17, 15) is 24.0 Å². The third kappa shape index (κ3) is 19.9. The fraction of sp³-hybridized carbons (Fsp3) is 0.773. The van der Waals surface area contributed by atoms with Crippen LogP contribution in [0.3, 0.4) is 0 Å². The molecule has 0 aliphatic carbocycles. The van der Waals surface area contributed by atoms with Crippen molar-refractivity contribution in [2.45, 2.75) is 63.5 Å². The lowest BCUT2D eigenvalue weighted by molar-refractivity contribution is -0.176. The lowest BCUT2D eigenvalue weighted by Gasteiger charge is -2.14. The molecule has 222 valence electrons. The van der Waals surface area contributed by atoms with Crippen LogP contribution >= 0.6 is 0 Å². The molecule has 38 heavy (non-hydrogen) atoms. The Labute approximate surface area is 222 Å². The zero-order valence-electron chi connectivity index (χ0n) is 22.3. The van der Waals surface area contributed by atoms with Crippen LogP contribution in [0.1, 0.15) is 51.4 Å². The van der Waals surface area contributed by atoms with Gasteiger partial charge in [0.05, 0.1) is 40.6 Å². The van der Waals surface area contributed by atoms with E-state index in [1.54, 1.807) is 0 Å². The average molecular weight is 554 g/mol. The van der Waals surface area contributed by atoms with Crippen LogP contribution in [0.25, 0.3) is 0 Å². The lowest BCUT2D eigenvalue weighted by Crippen LogP contribution is -2.37. The number of carbonyl (C=O) groups excluding carboxylic acids is 5. The number of hydrogen-bond donors (Lipinski definition) is 6. The van der Waals surface area contributed by atoms with E-state index in [0.717, 1.165) is 45.8 Å². The van der Waals surface area contributed by atoms with Gasteiger partial charge in [0.25, 0.3) is 11.8 Å². The maximum Gasteiger partial charge on any atom is 0.533 e. The van der Waals surface area contributed by atoms with Crippen LogP contribution in [0.4, 0.5) is 14.4 Å². The first kappa shape index (κ1) is 36.9. The minimum absolute atomic E-state index is 0.0449. The molecule has 2 atom stereocenters. The van der Waals surface area contributed by atoms with Crippen LogP contribution in [-0.4, -0.2) is 105 Å². The second-order valence-corrected chi connectivity index (χ2v) is 7.78. The van der Waals surface area contributed by atoms with Gasteiger partial charge >= 0.3 is 18.3 Å². The van der Waals surface area contributed by atoms with Gasteiger partial charge in [0, 0.05) is 25.4 Å². The lowest BCUT2D eigenvalue weighted by atomic mass is 10.1. The Hall–Kier alpha value is -3.21. The van der Waals surface area contributed by atoms with Gasteiger partial charge in [0.1, 0.15) is 0 Å². The van der Waals surface area contributed by atoms with Crippen LogP contribution in [0.5, 0.6) is 0 Å². The zero-order chi connectivity index (χ0) is 29.3. The van der Waals surface area contributed by atoms with Gasteiger partial charge in [0.2, 0.25) is 0 Å². The molecule has 1 saturated heterocycles. The number of aliphatic hydroxyl groups excluding tert-OH is 2. The Balaban J connectivity index is 0. The summed E-state index contributed by atoms with van der Waals surface area (Å²) in [4.78, 5) is 57.9. The molecule has 1 rings (SSSR count). The van der Waals surface area contributed by atoms with Crippen LogP contribution in [-0.2, 0) is 28.6 Å². The molecule has 0 aromatic carbocycles. The normalized spacial score (nSPS) is 13.6. The quantitative estimate of drug-likeness (QED) is 0.0730. The third-order valence-electron chi connectivity index (χ3n) is 4.76. The average Bonchev–Trinajstić information content (AvgIpc) is 3.24. The van der Waals surface area contributed by atoms with Crippen LogP contribution < -0.4 is 22.1 Å². The number of hydroxylamine groups is 2. The van der Waals surface area contributed by atoms with Gasteiger partial charge in [-0.05, 0) is 38.6 Å². The number of alkyl carbamates (subject to hydrolysis) is 2. The summed E-state index contributed by atoms with van der Waals surface area (Å²) in [6.45, 7) is 1.17. The molecule has 0 bridgehead atoms. The van der Waals surface area contributed by atoms with Crippen LogP contribution in [0, 0.1) is 0 Å². The highest BCUT2D eigenvalue weighted by molar-refractivity contribution is 6.01. The number of methoxy groups -OCH3 is 3. The van der Waals surface area contributed by atoms with Crippen molar-refractivity contribution in [2.24, 2.45) is 11.5 Å². The maximum atomic E-state index is 10.9. The number of nitrogens with zero attached hydrogens (tertiary/aromatic N) is 1. The third-order valence-corrected chi connectivity index (χ3v) is 4.76. The highest BCUT2D eigenvalue weighted by atomic mass is 16.8. The van der Waals surface area contributed by atoms with Crippen molar-refractivity contribution in [3.8, 4) is 0 Å². The van der Waals surface area contributed by atoms with E-state index < -0.39 is 30.2 Å². The molecule has 8 N–H and O–H groups in total. The molecule has 1 heterocycles. The summed E-state index contributed by atoms with van der Waals surface area (Å²) in [6.07, 6.45) is 3.11. The van der Waals surface area contributed by atoms with Gasteiger partial charge in [-0.2, -0.15) is 0 Å². The van der Waals surface area contributed by atoms with E-state index in [2.05, 4.69) is 29.7 Å². The molecule has 1 fully saturated rings. The molecule has 4 amide bonds. The van der Waals surface area contributed by atoms with Gasteiger partial charge < -0.3 is 46.5 Å². The molecule has 0 spiro atoms. The molecule has 0 saturated carbocycles. The predicted molar refractivity (Wildman–Crippen MR) is 133 cm³/mol. The van der Waals surface area contributed by atoms with E-state index in [-0.39, 0.29) is 38.1 Å². The second-order valence-electron chi connectivity index (χ2n) is 7.78. The maximum absolute atomic E-state index is 10.9. The minimum atomic E-state index is -1.07.